The van der Waals surface area contributed by atoms with E-state index in [2.05, 4.69) is 4.90 Å². The van der Waals surface area contributed by atoms with Crippen molar-refractivity contribution in [1.82, 2.24) is 4.90 Å². The van der Waals surface area contributed by atoms with Gasteiger partial charge in [0, 0.05) is 29.7 Å². The van der Waals surface area contributed by atoms with Gasteiger partial charge in [0.1, 0.15) is 5.82 Å². The third-order valence-corrected chi connectivity index (χ3v) is 3.07. The molecule has 1 saturated carbocycles. The van der Waals surface area contributed by atoms with E-state index in [1.165, 1.54) is 6.07 Å². The molecule has 0 saturated heterocycles. The minimum atomic E-state index is -0.229. The van der Waals surface area contributed by atoms with Crippen LogP contribution in [0, 0.1) is 5.82 Å². The molecule has 0 heterocycles. The van der Waals surface area contributed by atoms with E-state index in [0.717, 1.165) is 12.8 Å². The van der Waals surface area contributed by atoms with Crippen molar-refractivity contribution in [3.05, 3.63) is 34.6 Å². The zero-order valence-corrected chi connectivity index (χ0v) is 9.75. The van der Waals surface area contributed by atoms with Crippen molar-refractivity contribution >= 4 is 11.6 Å². The van der Waals surface area contributed by atoms with Crippen molar-refractivity contribution in [3.8, 4) is 0 Å². The Bertz CT molecular complexity index is 368. The molecule has 0 bridgehead atoms. The molecule has 1 aliphatic carbocycles. The molecule has 1 aromatic rings. The lowest BCUT2D eigenvalue weighted by atomic mass is 10.2. The van der Waals surface area contributed by atoms with Gasteiger partial charge in [0.15, 0.2) is 0 Å². The Balaban J connectivity index is 2.08. The largest absolute Gasteiger partial charge is 0.395 e. The summed E-state index contributed by atoms with van der Waals surface area (Å²) in [5, 5.41) is 9.51. The molecule has 0 radical (unpaired) electrons. The van der Waals surface area contributed by atoms with E-state index < -0.39 is 0 Å². The number of hydrogen-bond acceptors (Lipinski definition) is 2. The topological polar surface area (TPSA) is 23.5 Å². The fourth-order valence-electron chi connectivity index (χ4n) is 1.84. The second kappa shape index (κ2) is 5.13. The van der Waals surface area contributed by atoms with Crippen molar-refractivity contribution in [1.29, 1.82) is 0 Å². The number of aliphatic hydroxyl groups is 1. The molecular formula is C12H15ClFNO. The predicted octanol–water partition coefficient (Wildman–Crippen LogP) is 2.44. The Morgan fingerprint density at radius 3 is 2.81 bits per heavy atom. The van der Waals surface area contributed by atoms with Crippen LogP contribution in [0.1, 0.15) is 18.4 Å². The van der Waals surface area contributed by atoms with Crippen LogP contribution >= 0.6 is 11.6 Å². The van der Waals surface area contributed by atoms with Crippen LogP contribution in [0.4, 0.5) is 4.39 Å². The molecule has 0 amide bonds. The highest BCUT2D eigenvalue weighted by atomic mass is 35.5. The first kappa shape index (κ1) is 11.8. The molecule has 1 fully saturated rings. The number of hydrogen-bond donors (Lipinski definition) is 1. The number of nitrogens with zero attached hydrogens (tertiary/aromatic N) is 1. The van der Waals surface area contributed by atoms with Gasteiger partial charge in [-0.2, -0.15) is 0 Å². The van der Waals surface area contributed by atoms with Crippen molar-refractivity contribution < 1.29 is 9.50 Å². The van der Waals surface area contributed by atoms with Crippen LogP contribution in [-0.4, -0.2) is 29.2 Å². The van der Waals surface area contributed by atoms with Gasteiger partial charge in [0.2, 0.25) is 0 Å². The summed E-state index contributed by atoms with van der Waals surface area (Å²) in [5.41, 5.74) is 0.604. The third-order valence-electron chi connectivity index (χ3n) is 2.83. The quantitative estimate of drug-likeness (QED) is 0.859. The maximum Gasteiger partial charge on any atom is 0.127 e. The molecule has 2 nitrogen and oxygen atoms in total. The van der Waals surface area contributed by atoms with Gasteiger partial charge in [-0.05, 0) is 31.0 Å². The first-order valence-electron chi connectivity index (χ1n) is 5.49. The summed E-state index contributed by atoms with van der Waals surface area (Å²) < 4.78 is 13.5. The Morgan fingerprint density at radius 2 is 2.19 bits per heavy atom. The lowest BCUT2D eigenvalue weighted by molar-refractivity contribution is 0.182. The minimum absolute atomic E-state index is 0.110. The minimum Gasteiger partial charge on any atom is -0.395 e. The maximum atomic E-state index is 13.5. The van der Waals surface area contributed by atoms with E-state index in [-0.39, 0.29) is 12.4 Å². The van der Waals surface area contributed by atoms with E-state index >= 15 is 0 Å². The molecule has 0 aromatic heterocycles. The molecule has 88 valence electrons. The van der Waals surface area contributed by atoms with E-state index in [9.17, 15) is 4.39 Å². The summed E-state index contributed by atoms with van der Waals surface area (Å²) >= 11 is 5.84. The van der Waals surface area contributed by atoms with Gasteiger partial charge in [-0.1, -0.05) is 11.6 Å². The number of halogens is 2. The summed E-state index contributed by atoms with van der Waals surface area (Å²) in [6.45, 7) is 1.23. The normalized spacial score (nSPS) is 15.8. The molecule has 0 atom stereocenters. The van der Waals surface area contributed by atoms with Gasteiger partial charge < -0.3 is 5.11 Å². The standard InChI is InChI=1S/C12H15ClFNO/c13-10-1-4-12(14)9(7-10)8-15(5-6-16)11-2-3-11/h1,4,7,11,16H,2-3,5-6,8H2. The summed E-state index contributed by atoms with van der Waals surface area (Å²) in [7, 11) is 0. The molecule has 1 N–H and O–H groups in total. The first-order valence-corrected chi connectivity index (χ1v) is 5.87. The molecule has 0 aliphatic heterocycles. The Kier molecular flexibility index (Phi) is 3.79. The molecular weight excluding hydrogens is 229 g/mol. The zero-order chi connectivity index (χ0) is 11.5. The summed E-state index contributed by atoms with van der Waals surface area (Å²) in [6, 6.07) is 5.10. The SMILES string of the molecule is OCCN(Cc1cc(Cl)ccc1F)C1CC1. The second-order valence-electron chi connectivity index (χ2n) is 4.16. The summed E-state index contributed by atoms with van der Waals surface area (Å²) in [4.78, 5) is 2.11. The van der Waals surface area contributed by atoms with Crippen LogP contribution in [0.15, 0.2) is 18.2 Å². The van der Waals surface area contributed by atoms with Crippen molar-refractivity contribution in [2.24, 2.45) is 0 Å². The number of rotatable bonds is 5. The molecule has 2 rings (SSSR count). The number of benzene rings is 1. The van der Waals surface area contributed by atoms with Gasteiger partial charge in [0.25, 0.3) is 0 Å². The lowest BCUT2D eigenvalue weighted by Gasteiger charge is -2.21. The smallest absolute Gasteiger partial charge is 0.127 e. The van der Waals surface area contributed by atoms with Gasteiger partial charge in [0.05, 0.1) is 6.61 Å². The van der Waals surface area contributed by atoms with Crippen molar-refractivity contribution in [2.45, 2.75) is 25.4 Å². The lowest BCUT2D eigenvalue weighted by Crippen LogP contribution is -2.29. The second-order valence-corrected chi connectivity index (χ2v) is 4.60. The molecule has 1 aromatic carbocycles. The van der Waals surface area contributed by atoms with E-state index in [0.29, 0.717) is 29.7 Å². The highest BCUT2D eigenvalue weighted by molar-refractivity contribution is 6.30. The Labute approximate surface area is 99.6 Å². The fourth-order valence-corrected chi connectivity index (χ4v) is 2.04. The zero-order valence-electron chi connectivity index (χ0n) is 9.00. The molecule has 1 aliphatic rings. The monoisotopic (exact) mass is 243 g/mol. The Morgan fingerprint density at radius 1 is 1.44 bits per heavy atom. The van der Waals surface area contributed by atoms with E-state index in [4.69, 9.17) is 16.7 Å². The summed E-state index contributed by atoms with van der Waals surface area (Å²) in [6.07, 6.45) is 2.28. The van der Waals surface area contributed by atoms with Crippen LogP contribution in [0.2, 0.25) is 5.02 Å². The predicted molar refractivity (Wildman–Crippen MR) is 61.9 cm³/mol. The van der Waals surface area contributed by atoms with Crippen molar-refractivity contribution in [2.75, 3.05) is 13.2 Å². The van der Waals surface area contributed by atoms with Crippen LogP contribution < -0.4 is 0 Å². The average Bonchev–Trinajstić information content (AvgIpc) is 3.06. The average molecular weight is 244 g/mol. The highest BCUT2D eigenvalue weighted by Crippen LogP contribution is 2.28. The van der Waals surface area contributed by atoms with Gasteiger partial charge in [-0.25, -0.2) is 4.39 Å². The van der Waals surface area contributed by atoms with Crippen LogP contribution in [0.5, 0.6) is 0 Å². The number of aliphatic hydroxyl groups excluding tert-OH is 1. The van der Waals surface area contributed by atoms with Crippen LogP contribution in [0.3, 0.4) is 0 Å². The first-order chi connectivity index (χ1) is 7.70. The molecule has 0 spiro atoms. The van der Waals surface area contributed by atoms with Crippen LogP contribution in [-0.2, 0) is 6.54 Å². The molecule has 0 unspecified atom stereocenters. The van der Waals surface area contributed by atoms with Gasteiger partial charge in [-0.3, -0.25) is 4.90 Å². The Hall–Kier alpha value is -0.640. The van der Waals surface area contributed by atoms with Gasteiger partial charge >= 0.3 is 0 Å². The summed E-state index contributed by atoms with van der Waals surface area (Å²) in [5.74, 6) is -0.229. The van der Waals surface area contributed by atoms with Crippen molar-refractivity contribution in [3.63, 3.8) is 0 Å². The molecule has 16 heavy (non-hydrogen) atoms. The van der Waals surface area contributed by atoms with Gasteiger partial charge in [-0.15, -0.1) is 0 Å². The molecule has 4 heteroatoms. The maximum absolute atomic E-state index is 13.5. The third kappa shape index (κ3) is 2.94. The van der Waals surface area contributed by atoms with Crippen LogP contribution in [0.25, 0.3) is 0 Å². The highest BCUT2D eigenvalue weighted by Gasteiger charge is 2.28. The van der Waals surface area contributed by atoms with E-state index in [1.54, 1.807) is 12.1 Å². The van der Waals surface area contributed by atoms with E-state index in [1.807, 2.05) is 0 Å². The fraction of sp³-hybridized carbons (Fsp3) is 0.500.